The van der Waals surface area contributed by atoms with Crippen molar-refractivity contribution < 1.29 is 9.47 Å². The van der Waals surface area contributed by atoms with Crippen molar-refractivity contribution in [2.45, 2.75) is 38.9 Å². The molecule has 2 unspecified atom stereocenters. The number of benzene rings is 1. The van der Waals surface area contributed by atoms with Gasteiger partial charge >= 0.3 is 0 Å². The third-order valence-electron chi connectivity index (χ3n) is 3.78. The van der Waals surface area contributed by atoms with E-state index in [0.717, 1.165) is 24.3 Å². The lowest BCUT2D eigenvalue weighted by atomic mass is 10.1. The van der Waals surface area contributed by atoms with Gasteiger partial charge in [0.05, 0.1) is 19.8 Å². The number of hydrogen-bond acceptors (Lipinski definition) is 3. The molecule has 18 heavy (non-hydrogen) atoms. The molecule has 0 radical (unpaired) electrons. The van der Waals surface area contributed by atoms with Gasteiger partial charge in [-0.2, -0.15) is 0 Å². The van der Waals surface area contributed by atoms with E-state index in [1.807, 2.05) is 6.07 Å². The maximum absolute atomic E-state index is 6.03. The molecule has 3 nitrogen and oxygen atoms in total. The zero-order chi connectivity index (χ0) is 13.0. The minimum atomic E-state index is 0.320. The number of methoxy groups -OCH3 is 1. The Bertz CT molecular complexity index is 392. The predicted octanol–water partition coefficient (Wildman–Crippen LogP) is 2.65. The summed E-state index contributed by atoms with van der Waals surface area (Å²) in [6, 6.07) is 6.19. The molecule has 1 saturated carbocycles. The lowest BCUT2D eigenvalue weighted by Crippen LogP contribution is -2.25. The van der Waals surface area contributed by atoms with Gasteiger partial charge in [0.1, 0.15) is 5.75 Å². The number of hydrogen-bond donors (Lipinski definition) is 1. The third kappa shape index (κ3) is 3.03. The van der Waals surface area contributed by atoms with Crippen molar-refractivity contribution >= 4 is 0 Å². The second kappa shape index (κ2) is 6.21. The first-order valence-electron chi connectivity index (χ1n) is 6.69. The monoisotopic (exact) mass is 249 g/mol. The molecule has 100 valence electrons. The van der Waals surface area contributed by atoms with Crippen LogP contribution in [0, 0.1) is 12.8 Å². The highest BCUT2D eigenvalue weighted by Gasteiger charge is 2.26. The van der Waals surface area contributed by atoms with Crippen LogP contribution in [0.2, 0.25) is 0 Å². The third-order valence-corrected chi connectivity index (χ3v) is 3.78. The summed E-state index contributed by atoms with van der Waals surface area (Å²) in [7, 11) is 1.70. The van der Waals surface area contributed by atoms with Gasteiger partial charge in [-0.1, -0.05) is 24.1 Å². The molecule has 1 aliphatic rings. The second-order valence-electron chi connectivity index (χ2n) is 5.09. The molecule has 1 aliphatic carbocycles. The SMILES string of the molecule is COc1ccc(C)cc1COC1CCCC1CN. The summed E-state index contributed by atoms with van der Waals surface area (Å²) >= 11 is 0. The van der Waals surface area contributed by atoms with Crippen molar-refractivity contribution in [3.63, 3.8) is 0 Å². The maximum atomic E-state index is 6.03. The highest BCUT2D eigenvalue weighted by molar-refractivity contribution is 5.36. The van der Waals surface area contributed by atoms with Gasteiger partial charge < -0.3 is 15.2 Å². The molecule has 0 bridgehead atoms. The van der Waals surface area contributed by atoms with Crippen LogP contribution in [-0.4, -0.2) is 19.8 Å². The average molecular weight is 249 g/mol. The van der Waals surface area contributed by atoms with Gasteiger partial charge in [-0.15, -0.1) is 0 Å². The molecule has 0 spiro atoms. The topological polar surface area (TPSA) is 44.5 Å². The Morgan fingerprint density at radius 2 is 2.17 bits per heavy atom. The van der Waals surface area contributed by atoms with E-state index in [1.54, 1.807) is 7.11 Å². The van der Waals surface area contributed by atoms with Crippen molar-refractivity contribution in [3.8, 4) is 5.75 Å². The smallest absolute Gasteiger partial charge is 0.124 e. The molecule has 3 heteroatoms. The van der Waals surface area contributed by atoms with Crippen molar-refractivity contribution in [2.75, 3.05) is 13.7 Å². The molecule has 1 fully saturated rings. The summed E-state index contributed by atoms with van der Waals surface area (Å²) in [5.41, 5.74) is 8.13. The summed E-state index contributed by atoms with van der Waals surface area (Å²) in [4.78, 5) is 0. The standard InChI is InChI=1S/C15H23NO2/c1-11-6-7-14(17-2)13(8-11)10-18-15-5-3-4-12(15)9-16/h6-8,12,15H,3-5,9-10,16H2,1-2H3. The van der Waals surface area contributed by atoms with E-state index in [4.69, 9.17) is 15.2 Å². The van der Waals surface area contributed by atoms with Gasteiger partial charge in [0.2, 0.25) is 0 Å². The summed E-state index contributed by atoms with van der Waals surface area (Å²) in [6.07, 6.45) is 3.89. The van der Waals surface area contributed by atoms with Crippen LogP contribution in [-0.2, 0) is 11.3 Å². The molecule has 0 heterocycles. The van der Waals surface area contributed by atoms with Crippen molar-refractivity contribution in [3.05, 3.63) is 29.3 Å². The Labute approximate surface area is 109 Å². The average Bonchev–Trinajstić information content (AvgIpc) is 2.84. The fourth-order valence-electron chi connectivity index (χ4n) is 2.71. The lowest BCUT2D eigenvalue weighted by molar-refractivity contribution is 0.0174. The maximum Gasteiger partial charge on any atom is 0.124 e. The van der Waals surface area contributed by atoms with E-state index in [0.29, 0.717) is 18.6 Å². The largest absolute Gasteiger partial charge is 0.496 e. The number of ether oxygens (including phenoxy) is 2. The van der Waals surface area contributed by atoms with Gasteiger partial charge in [-0.05, 0) is 38.3 Å². The summed E-state index contributed by atoms with van der Waals surface area (Å²) in [5, 5.41) is 0. The molecule has 0 aliphatic heterocycles. The van der Waals surface area contributed by atoms with Crippen molar-refractivity contribution in [2.24, 2.45) is 11.7 Å². The van der Waals surface area contributed by atoms with Crippen LogP contribution in [0.3, 0.4) is 0 Å². The van der Waals surface area contributed by atoms with Crippen LogP contribution in [0.5, 0.6) is 5.75 Å². The molecule has 2 rings (SSSR count). The van der Waals surface area contributed by atoms with E-state index in [9.17, 15) is 0 Å². The Morgan fingerprint density at radius 1 is 1.33 bits per heavy atom. The van der Waals surface area contributed by atoms with Gasteiger partial charge in [-0.3, -0.25) is 0 Å². The Hall–Kier alpha value is -1.06. The molecule has 1 aromatic rings. The molecule has 0 saturated heterocycles. The first kappa shape index (κ1) is 13.4. The summed E-state index contributed by atoms with van der Waals surface area (Å²) in [5.74, 6) is 1.43. The fraction of sp³-hybridized carbons (Fsp3) is 0.600. The first-order chi connectivity index (χ1) is 8.74. The Kier molecular flexibility index (Phi) is 4.61. The molecule has 0 aromatic heterocycles. The Morgan fingerprint density at radius 3 is 2.89 bits per heavy atom. The highest BCUT2D eigenvalue weighted by atomic mass is 16.5. The minimum absolute atomic E-state index is 0.320. The number of nitrogens with two attached hydrogens (primary N) is 1. The second-order valence-corrected chi connectivity index (χ2v) is 5.09. The molecule has 0 amide bonds. The van der Waals surface area contributed by atoms with Crippen LogP contribution in [0.15, 0.2) is 18.2 Å². The van der Waals surface area contributed by atoms with E-state index in [-0.39, 0.29) is 0 Å². The van der Waals surface area contributed by atoms with E-state index >= 15 is 0 Å². The molecular weight excluding hydrogens is 226 g/mol. The number of aryl methyl sites for hydroxylation is 1. The minimum Gasteiger partial charge on any atom is -0.496 e. The highest BCUT2D eigenvalue weighted by Crippen LogP contribution is 2.29. The zero-order valence-corrected chi connectivity index (χ0v) is 11.3. The van der Waals surface area contributed by atoms with Crippen molar-refractivity contribution in [1.82, 2.24) is 0 Å². The van der Waals surface area contributed by atoms with E-state index in [1.165, 1.54) is 18.4 Å². The molecular formula is C15H23NO2. The zero-order valence-electron chi connectivity index (χ0n) is 11.3. The van der Waals surface area contributed by atoms with Gasteiger partial charge in [0.15, 0.2) is 0 Å². The van der Waals surface area contributed by atoms with Crippen LogP contribution in [0.25, 0.3) is 0 Å². The van der Waals surface area contributed by atoms with Crippen LogP contribution in [0.4, 0.5) is 0 Å². The summed E-state index contributed by atoms with van der Waals surface area (Å²) < 4.78 is 11.4. The van der Waals surface area contributed by atoms with E-state index < -0.39 is 0 Å². The first-order valence-corrected chi connectivity index (χ1v) is 6.69. The quantitative estimate of drug-likeness (QED) is 0.872. The normalized spacial score (nSPS) is 23.3. The van der Waals surface area contributed by atoms with Crippen LogP contribution in [0.1, 0.15) is 30.4 Å². The van der Waals surface area contributed by atoms with Gasteiger partial charge in [0, 0.05) is 5.56 Å². The number of rotatable bonds is 5. The molecule has 2 N–H and O–H groups in total. The Balaban J connectivity index is 1.99. The van der Waals surface area contributed by atoms with Crippen LogP contribution < -0.4 is 10.5 Å². The molecule has 2 atom stereocenters. The predicted molar refractivity (Wildman–Crippen MR) is 72.7 cm³/mol. The molecule has 1 aromatic carbocycles. The lowest BCUT2D eigenvalue weighted by Gasteiger charge is -2.19. The fourth-order valence-corrected chi connectivity index (χ4v) is 2.71. The summed E-state index contributed by atoms with van der Waals surface area (Å²) in [6.45, 7) is 3.43. The van der Waals surface area contributed by atoms with Crippen molar-refractivity contribution in [1.29, 1.82) is 0 Å². The van der Waals surface area contributed by atoms with Crippen LogP contribution >= 0.6 is 0 Å². The van der Waals surface area contributed by atoms with Gasteiger partial charge in [-0.25, -0.2) is 0 Å². The van der Waals surface area contributed by atoms with Gasteiger partial charge in [0.25, 0.3) is 0 Å². The van der Waals surface area contributed by atoms with E-state index in [2.05, 4.69) is 19.1 Å².